The molecule has 86 valence electrons. The molecule has 4 heteroatoms. The number of carboxylic acid groups (broad SMARTS) is 1. The van der Waals surface area contributed by atoms with Crippen molar-refractivity contribution in [1.29, 1.82) is 0 Å². The fourth-order valence-corrected chi connectivity index (χ4v) is 2.38. The van der Waals surface area contributed by atoms with Gasteiger partial charge in [0.1, 0.15) is 5.75 Å². The number of hydrogen-bond donors (Lipinski definition) is 1. The molecule has 2 atom stereocenters. The van der Waals surface area contributed by atoms with Gasteiger partial charge in [0, 0.05) is 4.47 Å². The fraction of sp³-hybridized carbons (Fsp3) is 0.417. The van der Waals surface area contributed by atoms with Crippen LogP contribution in [0.1, 0.15) is 19.3 Å². The topological polar surface area (TPSA) is 46.5 Å². The zero-order chi connectivity index (χ0) is 11.5. The van der Waals surface area contributed by atoms with Gasteiger partial charge in [-0.25, -0.2) is 0 Å². The van der Waals surface area contributed by atoms with Gasteiger partial charge in [0.2, 0.25) is 0 Å². The molecule has 0 heterocycles. The Labute approximate surface area is 103 Å². The Kier molecular flexibility index (Phi) is 3.49. The number of hydrogen-bond acceptors (Lipinski definition) is 2. The summed E-state index contributed by atoms with van der Waals surface area (Å²) >= 11 is 3.37. The largest absolute Gasteiger partial charge is 0.490 e. The molecule has 0 aliphatic heterocycles. The maximum atomic E-state index is 10.8. The highest BCUT2D eigenvalue weighted by Crippen LogP contribution is 2.30. The molecule has 0 bridgehead atoms. The summed E-state index contributed by atoms with van der Waals surface area (Å²) in [5, 5.41) is 8.88. The van der Waals surface area contributed by atoms with Crippen LogP contribution in [0.4, 0.5) is 0 Å². The summed E-state index contributed by atoms with van der Waals surface area (Å²) in [4.78, 5) is 10.8. The van der Waals surface area contributed by atoms with E-state index in [0.717, 1.165) is 16.6 Å². The third-order valence-corrected chi connectivity index (χ3v) is 3.33. The van der Waals surface area contributed by atoms with E-state index < -0.39 is 5.97 Å². The van der Waals surface area contributed by atoms with Crippen LogP contribution in [0.25, 0.3) is 0 Å². The van der Waals surface area contributed by atoms with E-state index in [1.165, 1.54) is 0 Å². The van der Waals surface area contributed by atoms with Crippen molar-refractivity contribution in [2.45, 2.75) is 25.4 Å². The molecule has 2 rings (SSSR count). The average Bonchev–Trinajstić information content (AvgIpc) is 2.66. The van der Waals surface area contributed by atoms with Crippen molar-refractivity contribution in [2.75, 3.05) is 0 Å². The molecule has 0 radical (unpaired) electrons. The Bertz CT molecular complexity index is 392. The van der Waals surface area contributed by atoms with Crippen LogP contribution in [0, 0.1) is 5.92 Å². The van der Waals surface area contributed by atoms with Crippen LogP contribution in [0.2, 0.25) is 0 Å². The van der Waals surface area contributed by atoms with Crippen molar-refractivity contribution in [3.63, 3.8) is 0 Å². The molecule has 1 fully saturated rings. The maximum absolute atomic E-state index is 10.8. The van der Waals surface area contributed by atoms with Gasteiger partial charge in [-0.1, -0.05) is 22.0 Å². The summed E-state index contributed by atoms with van der Waals surface area (Å²) in [6.07, 6.45) is 2.19. The predicted octanol–water partition coefficient (Wildman–Crippen LogP) is 3.08. The molecule has 0 aromatic heterocycles. The highest BCUT2D eigenvalue weighted by Gasteiger charge is 2.30. The van der Waals surface area contributed by atoms with E-state index in [-0.39, 0.29) is 12.0 Å². The first-order valence-electron chi connectivity index (χ1n) is 5.30. The van der Waals surface area contributed by atoms with Crippen LogP contribution < -0.4 is 4.74 Å². The summed E-state index contributed by atoms with van der Waals surface area (Å²) in [5.41, 5.74) is 0. The zero-order valence-corrected chi connectivity index (χ0v) is 10.3. The molecule has 1 aromatic rings. The number of ether oxygens (including phenoxy) is 1. The Morgan fingerprint density at radius 3 is 2.88 bits per heavy atom. The molecule has 16 heavy (non-hydrogen) atoms. The monoisotopic (exact) mass is 284 g/mol. The molecule has 1 aliphatic rings. The van der Waals surface area contributed by atoms with E-state index in [1.807, 2.05) is 24.3 Å². The summed E-state index contributed by atoms with van der Waals surface area (Å²) in [7, 11) is 0. The Balaban J connectivity index is 1.94. The third kappa shape index (κ3) is 2.76. The van der Waals surface area contributed by atoms with E-state index in [0.29, 0.717) is 12.8 Å². The second kappa shape index (κ2) is 4.87. The lowest BCUT2D eigenvalue weighted by Gasteiger charge is -2.13. The number of halogens is 1. The summed E-state index contributed by atoms with van der Waals surface area (Å²) in [6.45, 7) is 0. The van der Waals surface area contributed by atoms with Crippen molar-refractivity contribution in [3.05, 3.63) is 28.7 Å². The molecular formula is C12H13BrO3. The highest BCUT2D eigenvalue weighted by atomic mass is 79.9. The standard InChI is InChI=1S/C12H13BrO3/c13-9-2-1-3-10(7-9)16-11-5-4-8(6-11)12(14)15/h1-3,7-8,11H,4-6H2,(H,14,15). The smallest absolute Gasteiger partial charge is 0.306 e. The van der Waals surface area contributed by atoms with Crippen LogP contribution >= 0.6 is 15.9 Å². The molecule has 0 saturated heterocycles. The first-order valence-corrected chi connectivity index (χ1v) is 6.09. The second-order valence-corrected chi connectivity index (χ2v) is 4.96. The molecular weight excluding hydrogens is 272 g/mol. The van der Waals surface area contributed by atoms with Gasteiger partial charge in [0.05, 0.1) is 12.0 Å². The number of benzene rings is 1. The van der Waals surface area contributed by atoms with Gasteiger partial charge in [-0.05, 0) is 37.5 Å². The number of rotatable bonds is 3. The van der Waals surface area contributed by atoms with Crippen LogP contribution in [0.15, 0.2) is 28.7 Å². The van der Waals surface area contributed by atoms with Crippen molar-refractivity contribution in [2.24, 2.45) is 5.92 Å². The van der Waals surface area contributed by atoms with Crippen LogP contribution in [0.3, 0.4) is 0 Å². The highest BCUT2D eigenvalue weighted by molar-refractivity contribution is 9.10. The van der Waals surface area contributed by atoms with Crippen molar-refractivity contribution in [1.82, 2.24) is 0 Å². The fourth-order valence-electron chi connectivity index (χ4n) is 2.00. The lowest BCUT2D eigenvalue weighted by Crippen LogP contribution is -2.15. The summed E-state index contributed by atoms with van der Waals surface area (Å²) in [6, 6.07) is 7.62. The zero-order valence-electron chi connectivity index (χ0n) is 8.73. The maximum Gasteiger partial charge on any atom is 0.306 e. The lowest BCUT2D eigenvalue weighted by molar-refractivity contribution is -0.141. The normalized spacial score (nSPS) is 24.3. The first-order chi connectivity index (χ1) is 7.65. The molecule has 0 amide bonds. The minimum absolute atomic E-state index is 0.0374. The quantitative estimate of drug-likeness (QED) is 0.928. The number of carbonyl (C=O) groups is 1. The van der Waals surface area contributed by atoms with E-state index in [1.54, 1.807) is 0 Å². The Hall–Kier alpha value is -1.03. The molecule has 2 unspecified atom stereocenters. The van der Waals surface area contributed by atoms with Gasteiger partial charge < -0.3 is 9.84 Å². The molecule has 3 nitrogen and oxygen atoms in total. The van der Waals surface area contributed by atoms with Gasteiger partial charge in [0.25, 0.3) is 0 Å². The van der Waals surface area contributed by atoms with Crippen LogP contribution in [0.5, 0.6) is 5.75 Å². The third-order valence-electron chi connectivity index (χ3n) is 2.83. The van der Waals surface area contributed by atoms with Gasteiger partial charge in [-0.3, -0.25) is 4.79 Å². The second-order valence-electron chi connectivity index (χ2n) is 4.05. The van der Waals surface area contributed by atoms with E-state index in [9.17, 15) is 4.79 Å². The molecule has 1 N–H and O–H groups in total. The first kappa shape index (κ1) is 11.5. The SMILES string of the molecule is O=C(O)C1CCC(Oc2cccc(Br)c2)C1. The van der Waals surface area contributed by atoms with Crippen molar-refractivity contribution >= 4 is 21.9 Å². The van der Waals surface area contributed by atoms with Gasteiger partial charge in [-0.15, -0.1) is 0 Å². The van der Waals surface area contributed by atoms with Crippen molar-refractivity contribution < 1.29 is 14.6 Å². The Morgan fingerprint density at radius 1 is 1.44 bits per heavy atom. The van der Waals surface area contributed by atoms with Gasteiger partial charge in [-0.2, -0.15) is 0 Å². The average molecular weight is 285 g/mol. The van der Waals surface area contributed by atoms with Crippen LogP contribution in [-0.4, -0.2) is 17.2 Å². The number of aliphatic carboxylic acids is 1. The Morgan fingerprint density at radius 2 is 2.25 bits per heavy atom. The summed E-state index contributed by atoms with van der Waals surface area (Å²) < 4.78 is 6.71. The minimum atomic E-state index is -0.708. The summed E-state index contributed by atoms with van der Waals surface area (Å²) in [5.74, 6) is -0.150. The minimum Gasteiger partial charge on any atom is -0.490 e. The predicted molar refractivity (Wildman–Crippen MR) is 63.5 cm³/mol. The lowest BCUT2D eigenvalue weighted by atomic mass is 10.1. The molecule has 1 aromatic carbocycles. The van der Waals surface area contributed by atoms with E-state index in [4.69, 9.17) is 9.84 Å². The molecule has 0 spiro atoms. The number of carboxylic acids is 1. The molecule has 1 aliphatic carbocycles. The van der Waals surface area contributed by atoms with E-state index in [2.05, 4.69) is 15.9 Å². The molecule has 1 saturated carbocycles. The van der Waals surface area contributed by atoms with Crippen molar-refractivity contribution in [3.8, 4) is 5.75 Å². The van der Waals surface area contributed by atoms with E-state index >= 15 is 0 Å². The van der Waals surface area contributed by atoms with Gasteiger partial charge in [0.15, 0.2) is 0 Å². The van der Waals surface area contributed by atoms with Crippen LogP contribution in [-0.2, 0) is 4.79 Å². The van der Waals surface area contributed by atoms with Gasteiger partial charge >= 0.3 is 5.97 Å².